The molecule has 3 rings (SSSR count). The Hall–Kier alpha value is -1.64. The molecule has 1 heterocycles. The lowest BCUT2D eigenvalue weighted by Crippen LogP contribution is -2.32. The Morgan fingerprint density at radius 3 is 2.56 bits per heavy atom. The van der Waals surface area contributed by atoms with Crippen LogP contribution in [0, 0.1) is 0 Å². The van der Waals surface area contributed by atoms with Gasteiger partial charge in [-0.05, 0) is 30.7 Å². The normalized spacial score (nSPS) is 21.6. The largest absolute Gasteiger partial charge is 0.375 e. The van der Waals surface area contributed by atoms with Crippen molar-refractivity contribution in [1.29, 1.82) is 0 Å². The number of fused-ring (bicyclic) bond motifs is 1. The standard InChI is InChI=1S/C15H12ClNO/c1-10-15(18,11-5-3-2-4-6-11)13-9-12(16)7-8-14(13)17-10/h2-9,18H,1H3. The predicted molar refractivity (Wildman–Crippen MR) is 73.7 cm³/mol. The first-order valence-electron chi connectivity index (χ1n) is 5.76. The third-order valence-electron chi connectivity index (χ3n) is 3.35. The molecule has 0 saturated carbocycles. The topological polar surface area (TPSA) is 32.6 Å². The van der Waals surface area contributed by atoms with Gasteiger partial charge in [0.1, 0.15) is 0 Å². The monoisotopic (exact) mass is 257 g/mol. The van der Waals surface area contributed by atoms with Crippen LogP contribution in [-0.2, 0) is 5.60 Å². The van der Waals surface area contributed by atoms with E-state index in [0.29, 0.717) is 10.7 Å². The minimum absolute atomic E-state index is 0.605. The van der Waals surface area contributed by atoms with Gasteiger partial charge in [-0.25, -0.2) is 0 Å². The minimum atomic E-state index is -1.17. The molecule has 1 aliphatic rings. The van der Waals surface area contributed by atoms with Gasteiger partial charge >= 0.3 is 0 Å². The second-order valence-corrected chi connectivity index (χ2v) is 4.87. The number of aliphatic imine (C=N–C) groups is 1. The summed E-state index contributed by atoms with van der Waals surface area (Å²) in [7, 11) is 0. The second-order valence-electron chi connectivity index (χ2n) is 4.44. The number of hydrogen-bond acceptors (Lipinski definition) is 2. The van der Waals surface area contributed by atoms with Gasteiger partial charge in [0.25, 0.3) is 0 Å². The van der Waals surface area contributed by atoms with Gasteiger partial charge in [-0.3, -0.25) is 4.99 Å². The van der Waals surface area contributed by atoms with Crippen LogP contribution in [0.25, 0.3) is 0 Å². The number of halogens is 1. The van der Waals surface area contributed by atoms with Crippen molar-refractivity contribution in [2.24, 2.45) is 4.99 Å². The van der Waals surface area contributed by atoms with E-state index < -0.39 is 5.60 Å². The third-order valence-corrected chi connectivity index (χ3v) is 3.59. The maximum Gasteiger partial charge on any atom is 0.155 e. The molecule has 1 aliphatic heterocycles. The fraction of sp³-hybridized carbons (Fsp3) is 0.133. The van der Waals surface area contributed by atoms with E-state index >= 15 is 0 Å². The number of benzene rings is 2. The molecule has 1 atom stereocenters. The van der Waals surface area contributed by atoms with Gasteiger partial charge in [-0.15, -0.1) is 0 Å². The zero-order valence-corrected chi connectivity index (χ0v) is 10.6. The van der Waals surface area contributed by atoms with Crippen LogP contribution in [0.15, 0.2) is 53.5 Å². The molecular weight excluding hydrogens is 246 g/mol. The van der Waals surface area contributed by atoms with Crippen molar-refractivity contribution in [2.75, 3.05) is 0 Å². The van der Waals surface area contributed by atoms with Crippen molar-refractivity contribution in [1.82, 2.24) is 0 Å². The van der Waals surface area contributed by atoms with Crippen molar-refractivity contribution < 1.29 is 5.11 Å². The number of nitrogens with zero attached hydrogens (tertiary/aromatic N) is 1. The zero-order valence-electron chi connectivity index (χ0n) is 9.89. The molecule has 2 aromatic rings. The SMILES string of the molecule is CC1=Nc2ccc(Cl)cc2C1(O)c1ccccc1. The molecule has 0 amide bonds. The van der Waals surface area contributed by atoms with Crippen LogP contribution in [0.4, 0.5) is 5.69 Å². The van der Waals surface area contributed by atoms with Crippen molar-refractivity contribution in [3.05, 3.63) is 64.7 Å². The molecule has 0 saturated heterocycles. The number of hydrogen-bond donors (Lipinski definition) is 1. The van der Waals surface area contributed by atoms with E-state index in [0.717, 1.165) is 16.8 Å². The van der Waals surface area contributed by atoms with Crippen LogP contribution in [0.2, 0.25) is 5.02 Å². The lowest BCUT2D eigenvalue weighted by atomic mass is 9.84. The predicted octanol–water partition coefficient (Wildman–Crippen LogP) is 3.68. The quantitative estimate of drug-likeness (QED) is 0.830. The smallest absolute Gasteiger partial charge is 0.155 e. The summed E-state index contributed by atoms with van der Waals surface area (Å²) in [5, 5.41) is 11.6. The van der Waals surface area contributed by atoms with E-state index in [4.69, 9.17) is 11.6 Å². The second kappa shape index (κ2) is 3.94. The third kappa shape index (κ3) is 1.50. The Balaban J connectivity index is 2.26. The summed E-state index contributed by atoms with van der Waals surface area (Å²) in [5.41, 5.74) is 1.85. The Morgan fingerprint density at radius 2 is 1.83 bits per heavy atom. The summed E-state index contributed by atoms with van der Waals surface area (Å²) in [5.74, 6) is 0. The Kier molecular flexibility index (Phi) is 2.51. The van der Waals surface area contributed by atoms with E-state index in [1.54, 1.807) is 12.1 Å². The first-order chi connectivity index (χ1) is 8.62. The van der Waals surface area contributed by atoms with E-state index in [-0.39, 0.29) is 0 Å². The Labute approximate surface area is 111 Å². The van der Waals surface area contributed by atoms with Crippen molar-refractivity contribution >= 4 is 23.0 Å². The van der Waals surface area contributed by atoms with Crippen molar-refractivity contribution in [2.45, 2.75) is 12.5 Å². The summed E-state index contributed by atoms with van der Waals surface area (Å²) < 4.78 is 0. The van der Waals surface area contributed by atoms with E-state index in [1.807, 2.05) is 43.3 Å². The summed E-state index contributed by atoms with van der Waals surface area (Å²) in [4.78, 5) is 4.43. The van der Waals surface area contributed by atoms with Crippen LogP contribution >= 0.6 is 11.6 Å². The first-order valence-corrected chi connectivity index (χ1v) is 6.14. The molecule has 18 heavy (non-hydrogen) atoms. The lowest BCUT2D eigenvalue weighted by molar-refractivity contribution is 0.159. The van der Waals surface area contributed by atoms with Gasteiger partial charge in [0.05, 0.1) is 11.4 Å². The van der Waals surface area contributed by atoms with Crippen molar-refractivity contribution in [3.8, 4) is 0 Å². The molecule has 0 aromatic heterocycles. The fourth-order valence-corrected chi connectivity index (χ4v) is 2.57. The maximum atomic E-state index is 11.0. The molecule has 0 bridgehead atoms. The van der Waals surface area contributed by atoms with Gasteiger partial charge in [-0.1, -0.05) is 41.9 Å². The Bertz CT molecular complexity index is 636. The maximum absolute atomic E-state index is 11.0. The van der Waals surface area contributed by atoms with Crippen LogP contribution in [0.1, 0.15) is 18.1 Å². The molecule has 3 heteroatoms. The van der Waals surface area contributed by atoms with Gasteiger partial charge < -0.3 is 5.11 Å². The minimum Gasteiger partial charge on any atom is -0.375 e. The molecule has 90 valence electrons. The molecule has 0 radical (unpaired) electrons. The van der Waals surface area contributed by atoms with E-state index in [2.05, 4.69) is 4.99 Å². The van der Waals surface area contributed by atoms with E-state index in [1.165, 1.54) is 0 Å². The molecule has 2 nitrogen and oxygen atoms in total. The fourth-order valence-electron chi connectivity index (χ4n) is 2.40. The van der Waals surface area contributed by atoms with Gasteiger partial charge in [0.15, 0.2) is 5.60 Å². The first kappa shape index (κ1) is 11.5. The number of rotatable bonds is 1. The molecule has 1 N–H and O–H groups in total. The Morgan fingerprint density at radius 1 is 1.11 bits per heavy atom. The summed E-state index contributed by atoms with van der Waals surface area (Å²) >= 11 is 6.02. The van der Waals surface area contributed by atoms with Crippen LogP contribution in [0.5, 0.6) is 0 Å². The van der Waals surface area contributed by atoms with Gasteiger partial charge in [0, 0.05) is 10.6 Å². The average Bonchev–Trinajstić information content (AvgIpc) is 2.64. The molecule has 0 fully saturated rings. The van der Waals surface area contributed by atoms with Gasteiger partial charge in [0.2, 0.25) is 0 Å². The van der Waals surface area contributed by atoms with Crippen molar-refractivity contribution in [3.63, 3.8) is 0 Å². The molecule has 0 aliphatic carbocycles. The summed E-state index contributed by atoms with van der Waals surface area (Å²) in [6.07, 6.45) is 0. The molecule has 0 spiro atoms. The highest BCUT2D eigenvalue weighted by Crippen LogP contribution is 2.43. The van der Waals surface area contributed by atoms with Crippen LogP contribution < -0.4 is 0 Å². The molecular formula is C15H12ClNO. The average molecular weight is 258 g/mol. The molecule has 2 aromatic carbocycles. The van der Waals surface area contributed by atoms with Crippen LogP contribution in [0.3, 0.4) is 0 Å². The summed E-state index contributed by atoms with van der Waals surface area (Å²) in [6, 6.07) is 14.9. The highest BCUT2D eigenvalue weighted by molar-refractivity contribution is 6.30. The van der Waals surface area contributed by atoms with Crippen LogP contribution in [-0.4, -0.2) is 10.8 Å². The number of aliphatic hydroxyl groups is 1. The highest BCUT2D eigenvalue weighted by atomic mass is 35.5. The lowest BCUT2D eigenvalue weighted by Gasteiger charge is -2.25. The van der Waals surface area contributed by atoms with Gasteiger partial charge in [-0.2, -0.15) is 0 Å². The van der Waals surface area contributed by atoms with E-state index in [9.17, 15) is 5.11 Å². The summed E-state index contributed by atoms with van der Waals surface area (Å²) in [6.45, 7) is 1.83. The molecule has 1 unspecified atom stereocenters. The highest BCUT2D eigenvalue weighted by Gasteiger charge is 2.41. The zero-order chi connectivity index (χ0) is 12.8.